The van der Waals surface area contributed by atoms with Crippen LogP contribution in [0.3, 0.4) is 0 Å². The van der Waals surface area contributed by atoms with Crippen LogP contribution in [0.5, 0.6) is 0 Å². The van der Waals surface area contributed by atoms with Gasteiger partial charge >= 0.3 is 0 Å². The van der Waals surface area contributed by atoms with Gasteiger partial charge in [0.15, 0.2) is 0 Å². The number of likely N-dealkylation sites (N-methyl/N-ethyl adjacent to an activating group) is 1. The lowest BCUT2D eigenvalue weighted by Gasteiger charge is -2.06. The maximum absolute atomic E-state index is 13.7. The van der Waals surface area contributed by atoms with Gasteiger partial charge in [-0.2, -0.15) is 0 Å². The normalized spacial score (nSPS) is 9.35. The Balaban J connectivity index is 2.71. The zero-order chi connectivity index (χ0) is 15.0. The van der Waals surface area contributed by atoms with E-state index < -0.39 is 11.7 Å². The minimum Gasteiger partial charge on any atom is -0.384 e. The van der Waals surface area contributed by atoms with Crippen LogP contribution >= 0.6 is 0 Å². The number of amides is 2. The molecule has 0 aliphatic carbocycles. The van der Waals surface area contributed by atoms with Crippen molar-refractivity contribution < 1.29 is 19.1 Å². The molecular weight excluding hydrogens is 263 g/mol. The Hall–Kier alpha value is -2.39. The molecule has 0 aromatic heterocycles. The molecule has 0 aliphatic rings. The van der Waals surface area contributed by atoms with E-state index in [-0.39, 0.29) is 24.6 Å². The predicted octanol–water partition coefficient (Wildman–Crippen LogP) is 0.0354. The molecule has 0 aliphatic heterocycles. The van der Waals surface area contributed by atoms with E-state index in [0.717, 1.165) is 6.07 Å². The summed E-state index contributed by atoms with van der Waals surface area (Å²) in [4.78, 5) is 22.9. The molecule has 0 fully saturated rings. The number of carbonyl (C=O) groups is 2. The van der Waals surface area contributed by atoms with Crippen molar-refractivity contribution in [1.82, 2.24) is 10.6 Å². The molecule has 0 saturated carbocycles. The van der Waals surface area contributed by atoms with Gasteiger partial charge in [-0.3, -0.25) is 9.59 Å². The smallest absolute Gasteiger partial charge is 0.254 e. The van der Waals surface area contributed by atoms with Gasteiger partial charge in [0.1, 0.15) is 12.4 Å². The van der Waals surface area contributed by atoms with E-state index in [1.807, 2.05) is 0 Å². The summed E-state index contributed by atoms with van der Waals surface area (Å²) in [6, 6.07) is 3.85. The Morgan fingerprint density at radius 1 is 1.35 bits per heavy atom. The summed E-state index contributed by atoms with van der Waals surface area (Å²) in [6.45, 7) is 1.68. The second kappa shape index (κ2) is 7.92. The van der Waals surface area contributed by atoms with E-state index >= 15 is 0 Å². The minimum atomic E-state index is -0.733. The molecule has 106 valence electrons. The first kappa shape index (κ1) is 15.7. The lowest BCUT2D eigenvalue weighted by molar-refractivity contribution is -0.120. The van der Waals surface area contributed by atoms with Crippen LogP contribution in [0.4, 0.5) is 4.39 Å². The lowest BCUT2D eigenvalue weighted by Crippen LogP contribution is -2.37. The maximum atomic E-state index is 13.7. The Kier molecular flexibility index (Phi) is 6.20. The average Bonchev–Trinajstić information content (AvgIpc) is 2.43. The number of halogens is 1. The summed E-state index contributed by atoms with van der Waals surface area (Å²) in [6.07, 6.45) is 0. The minimum absolute atomic E-state index is 0.163. The van der Waals surface area contributed by atoms with Crippen molar-refractivity contribution in [2.24, 2.45) is 0 Å². The number of hydrogen-bond donors (Lipinski definition) is 3. The molecule has 0 heterocycles. The van der Waals surface area contributed by atoms with Crippen LogP contribution in [0.15, 0.2) is 18.2 Å². The molecule has 0 spiro atoms. The lowest BCUT2D eigenvalue weighted by atomic mass is 10.1. The molecule has 5 nitrogen and oxygen atoms in total. The van der Waals surface area contributed by atoms with Gasteiger partial charge in [0, 0.05) is 12.1 Å². The first-order valence-electron chi connectivity index (χ1n) is 6.02. The fraction of sp³-hybridized carbons (Fsp3) is 0.286. The van der Waals surface area contributed by atoms with E-state index in [1.165, 1.54) is 12.1 Å². The molecule has 1 aromatic carbocycles. The number of nitrogens with one attached hydrogen (secondary N) is 2. The molecule has 2 amide bonds. The van der Waals surface area contributed by atoms with Crippen LogP contribution in [-0.4, -0.2) is 36.6 Å². The van der Waals surface area contributed by atoms with Gasteiger partial charge in [-0.15, -0.1) is 0 Å². The molecule has 1 rings (SSSR count). The molecule has 0 atom stereocenters. The summed E-state index contributed by atoms with van der Waals surface area (Å²) < 4.78 is 13.7. The number of aliphatic hydroxyl groups excluding tert-OH is 1. The number of benzene rings is 1. The number of rotatable bonds is 4. The summed E-state index contributed by atoms with van der Waals surface area (Å²) in [5.41, 5.74) is 0.195. The van der Waals surface area contributed by atoms with Gasteiger partial charge < -0.3 is 15.7 Å². The van der Waals surface area contributed by atoms with Crippen LogP contribution in [0.1, 0.15) is 22.8 Å². The molecule has 0 saturated heterocycles. The molecule has 0 unspecified atom stereocenters. The van der Waals surface area contributed by atoms with E-state index in [1.54, 1.807) is 6.92 Å². The Morgan fingerprint density at radius 3 is 2.70 bits per heavy atom. The first-order chi connectivity index (χ1) is 9.58. The summed E-state index contributed by atoms with van der Waals surface area (Å²) in [5, 5.41) is 13.4. The van der Waals surface area contributed by atoms with Crippen LogP contribution < -0.4 is 10.6 Å². The van der Waals surface area contributed by atoms with Crippen molar-refractivity contribution in [3.05, 3.63) is 35.1 Å². The fourth-order valence-electron chi connectivity index (χ4n) is 1.43. The zero-order valence-electron chi connectivity index (χ0n) is 11.0. The van der Waals surface area contributed by atoms with Gasteiger partial charge in [0.25, 0.3) is 5.91 Å². The van der Waals surface area contributed by atoms with Crippen molar-refractivity contribution in [3.8, 4) is 11.8 Å². The molecule has 0 radical (unpaired) electrons. The number of hydrogen-bond acceptors (Lipinski definition) is 3. The summed E-state index contributed by atoms with van der Waals surface area (Å²) in [7, 11) is 0. The largest absolute Gasteiger partial charge is 0.384 e. The van der Waals surface area contributed by atoms with Crippen LogP contribution in [0.25, 0.3) is 0 Å². The highest BCUT2D eigenvalue weighted by Crippen LogP contribution is 2.09. The van der Waals surface area contributed by atoms with Crippen molar-refractivity contribution in [1.29, 1.82) is 0 Å². The van der Waals surface area contributed by atoms with Crippen LogP contribution in [0.2, 0.25) is 0 Å². The second-order valence-electron chi connectivity index (χ2n) is 3.79. The predicted molar refractivity (Wildman–Crippen MR) is 71.4 cm³/mol. The molecule has 1 aromatic rings. The molecule has 3 N–H and O–H groups in total. The van der Waals surface area contributed by atoms with E-state index in [0.29, 0.717) is 12.1 Å². The van der Waals surface area contributed by atoms with Gasteiger partial charge in [0.2, 0.25) is 5.91 Å². The standard InChI is InChI=1S/C14H15FN2O3/c1-2-16-13(19)9-17-14(20)11-6-5-10(4-3-7-18)8-12(11)15/h5-6,8,18H,2,7,9H2,1H3,(H,16,19)(H,17,20). The summed E-state index contributed by atoms with van der Waals surface area (Å²) >= 11 is 0. The van der Waals surface area contributed by atoms with Gasteiger partial charge in [-0.25, -0.2) is 4.39 Å². The van der Waals surface area contributed by atoms with Crippen molar-refractivity contribution in [2.75, 3.05) is 19.7 Å². The Labute approximate surface area is 116 Å². The van der Waals surface area contributed by atoms with Crippen molar-refractivity contribution >= 4 is 11.8 Å². The monoisotopic (exact) mass is 278 g/mol. The second-order valence-corrected chi connectivity index (χ2v) is 3.79. The van der Waals surface area contributed by atoms with E-state index in [4.69, 9.17) is 5.11 Å². The van der Waals surface area contributed by atoms with Gasteiger partial charge in [-0.1, -0.05) is 11.8 Å². The molecule has 20 heavy (non-hydrogen) atoms. The van der Waals surface area contributed by atoms with Gasteiger partial charge in [-0.05, 0) is 25.1 Å². The first-order valence-corrected chi connectivity index (χ1v) is 6.02. The van der Waals surface area contributed by atoms with E-state index in [2.05, 4.69) is 22.5 Å². The SMILES string of the molecule is CCNC(=O)CNC(=O)c1ccc(C#CCO)cc1F. The van der Waals surface area contributed by atoms with Crippen LogP contribution in [-0.2, 0) is 4.79 Å². The van der Waals surface area contributed by atoms with Gasteiger partial charge in [0.05, 0.1) is 12.1 Å². The van der Waals surface area contributed by atoms with Crippen molar-refractivity contribution in [2.45, 2.75) is 6.92 Å². The third-order valence-corrected chi connectivity index (χ3v) is 2.31. The molecular formula is C14H15FN2O3. The average molecular weight is 278 g/mol. The fourth-order valence-corrected chi connectivity index (χ4v) is 1.43. The highest BCUT2D eigenvalue weighted by molar-refractivity contribution is 5.96. The van der Waals surface area contributed by atoms with Crippen LogP contribution in [0, 0.1) is 17.7 Å². The highest BCUT2D eigenvalue weighted by atomic mass is 19.1. The highest BCUT2D eigenvalue weighted by Gasteiger charge is 2.12. The quantitative estimate of drug-likeness (QED) is 0.680. The number of carbonyl (C=O) groups excluding carboxylic acids is 2. The topological polar surface area (TPSA) is 78.4 Å². The maximum Gasteiger partial charge on any atom is 0.254 e. The number of aliphatic hydroxyl groups is 1. The zero-order valence-corrected chi connectivity index (χ0v) is 11.0. The summed E-state index contributed by atoms with van der Waals surface area (Å²) in [5.74, 6) is 3.17. The molecule has 6 heteroatoms. The van der Waals surface area contributed by atoms with Crippen molar-refractivity contribution in [3.63, 3.8) is 0 Å². The third kappa shape index (κ3) is 4.71. The van der Waals surface area contributed by atoms with E-state index in [9.17, 15) is 14.0 Å². The third-order valence-electron chi connectivity index (χ3n) is 2.31. The molecule has 0 bridgehead atoms. The Bertz CT molecular complexity index is 561. The Morgan fingerprint density at radius 2 is 2.10 bits per heavy atom.